The van der Waals surface area contributed by atoms with Crippen molar-refractivity contribution in [2.75, 3.05) is 5.32 Å². The number of carbonyl (C=O) groups excluding carboxylic acids is 1. The van der Waals surface area contributed by atoms with Crippen LogP contribution < -0.4 is 5.32 Å². The highest BCUT2D eigenvalue weighted by Crippen LogP contribution is 2.13. The average molecular weight is 418 g/mol. The number of aromatic nitrogens is 4. The molecule has 9 heteroatoms. The van der Waals surface area contributed by atoms with Crippen LogP contribution in [-0.2, 0) is 17.9 Å². The van der Waals surface area contributed by atoms with Gasteiger partial charge in [0.05, 0.1) is 25.0 Å². The molecular formula is C17H16BrN5O3. The van der Waals surface area contributed by atoms with Crippen molar-refractivity contribution in [3.05, 3.63) is 64.7 Å². The second-order valence-electron chi connectivity index (χ2n) is 5.60. The zero-order valence-electron chi connectivity index (χ0n) is 13.7. The van der Waals surface area contributed by atoms with Gasteiger partial charge in [-0.1, -0.05) is 28.1 Å². The Hall–Kier alpha value is -2.94. The molecule has 0 aliphatic carbocycles. The van der Waals surface area contributed by atoms with Crippen LogP contribution in [0.3, 0.4) is 0 Å². The number of aryl methyl sites for hydroxylation is 1. The molecule has 0 bridgehead atoms. The van der Waals surface area contributed by atoms with Gasteiger partial charge in [-0.05, 0) is 23.8 Å². The van der Waals surface area contributed by atoms with E-state index >= 15 is 0 Å². The molecule has 0 saturated carbocycles. The van der Waals surface area contributed by atoms with E-state index in [1.807, 2.05) is 24.3 Å². The second-order valence-corrected chi connectivity index (χ2v) is 6.51. The molecule has 0 atom stereocenters. The van der Waals surface area contributed by atoms with Crippen LogP contribution >= 0.6 is 15.9 Å². The van der Waals surface area contributed by atoms with Crippen LogP contribution in [0.1, 0.15) is 22.5 Å². The lowest BCUT2D eigenvalue weighted by molar-refractivity contribution is -0.116. The summed E-state index contributed by atoms with van der Waals surface area (Å²) in [7, 11) is 0. The van der Waals surface area contributed by atoms with E-state index in [9.17, 15) is 9.59 Å². The number of carboxylic acid groups (broad SMARTS) is 1. The normalized spacial score (nSPS) is 10.7. The van der Waals surface area contributed by atoms with Crippen molar-refractivity contribution < 1.29 is 14.7 Å². The number of nitrogens with one attached hydrogen (secondary N) is 1. The average Bonchev–Trinajstić information content (AvgIpc) is 3.24. The zero-order valence-corrected chi connectivity index (χ0v) is 15.3. The molecule has 2 heterocycles. The monoisotopic (exact) mass is 417 g/mol. The van der Waals surface area contributed by atoms with Crippen molar-refractivity contribution in [2.45, 2.75) is 19.5 Å². The summed E-state index contributed by atoms with van der Waals surface area (Å²) in [6.07, 6.45) is 4.83. The first-order valence-corrected chi connectivity index (χ1v) is 8.62. The number of nitrogens with zero attached hydrogens (tertiary/aromatic N) is 4. The molecule has 0 spiro atoms. The minimum Gasteiger partial charge on any atom is -0.477 e. The number of amides is 1. The van der Waals surface area contributed by atoms with Crippen LogP contribution in [0.5, 0.6) is 0 Å². The minimum atomic E-state index is -1.07. The predicted molar refractivity (Wildman–Crippen MR) is 97.9 cm³/mol. The number of halogens is 1. The summed E-state index contributed by atoms with van der Waals surface area (Å²) in [5.41, 5.74) is 1.74. The minimum absolute atomic E-state index is 0.0557. The summed E-state index contributed by atoms with van der Waals surface area (Å²) in [6, 6.07) is 9.30. The Bertz CT molecular complexity index is 917. The van der Waals surface area contributed by atoms with Gasteiger partial charge in [-0.25, -0.2) is 4.79 Å². The lowest BCUT2D eigenvalue weighted by Gasteiger charge is -2.05. The molecule has 2 N–H and O–H groups in total. The Kier molecular flexibility index (Phi) is 5.47. The predicted octanol–water partition coefficient (Wildman–Crippen LogP) is 2.62. The molecule has 3 aromatic rings. The Morgan fingerprint density at radius 2 is 1.92 bits per heavy atom. The number of benzene rings is 1. The molecule has 26 heavy (non-hydrogen) atoms. The Morgan fingerprint density at radius 1 is 1.15 bits per heavy atom. The quantitative estimate of drug-likeness (QED) is 0.614. The lowest BCUT2D eigenvalue weighted by Crippen LogP contribution is -2.17. The van der Waals surface area contributed by atoms with Crippen LogP contribution in [0.15, 0.2) is 53.4 Å². The fraction of sp³-hybridized carbons (Fsp3) is 0.176. The van der Waals surface area contributed by atoms with Gasteiger partial charge in [-0.15, -0.1) is 0 Å². The van der Waals surface area contributed by atoms with E-state index in [2.05, 4.69) is 31.4 Å². The lowest BCUT2D eigenvalue weighted by atomic mass is 10.2. The standard InChI is InChI=1S/C17H16BrN5O3/c18-13-3-1-12(2-4-13)10-22-11-14(9-20-22)21-16(24)6-8-23-15(17(25)26)5-7-19-23/h1-5,7,9,11H,6,8,10H2,(H,21,24)(H,25,26). The van der Waals surface area contributed by atoms with E-state index in [1.165, 1.54) is 16.9 Å². The van der Waals surface area contributed by atoms with Gasteiger partial charge in [0.1, 0.15) is 5.69 Å². The second kappa shape index (κ2) is 7.96. The van der Waals surface area contributed by atoms with Crippen molar-refractivity contribution in [3.63, 3.8) is 0 Å². The summed E-state index contributed by atoms with van der Waals surface area (Å²) in [6.45, 7) is 0.784. The maximum atomic E-state index is 12.1. The van der Waals surface area contributed by atoms with Crippen molar-refractivity contribution in [3.8, 4) is 0 Å². The number of anilines is 1. The summed E-state index contributed by atoms with van der Waals surface area (Å²) < 4.78 is 4.03. The van der Waals surface area contributed by atoms with E-state index in [1.54, 1.807) is 17.1 Å². The Balaban J connectivity index is 1.53. The van der Waals surface area contributed by atoms with Gasteiger partial charge in [0.15, 0.2) is 0 Å². The molecule has 1 aromatic carbocycles. The third-order valence-electron chi connectivity index (χ3n) is 3.66. The number of aromatic carboxylic acids is 1. The van der Waals surface area contributed by atoms with Crippen LogP contribution in [0.2, 0.25) is 0 Å². The molecule has 0 radical (unpaired) electrons. The highest BCUT2D eigenvalue weighted by Gasteiger charge is 2.12. The number of carbonyl (C=O) groups is 2. The summed E-state index contributed by atoms with van der Waals surface area (Å²) in [5.74, 6) is -1.31. The molecule has 0 saturated heterocycles. The van der Waals surface area contributed by atoms with Gasteiger partial charge in [0.25, 0.3) is 0 Å². The maximum absolute atomic E-state index is 12.1. The first-order valence-electron chi connectivity index (χ1n) is 7.83. The molecule has 0 aliphatic heterocycles. The first-order chi connectivity index (χ1) is 12.5. The highest BCUT2D eigenvalue weighted by atomic mass is 79.9. The Morgan fingerprint density at radius 3 is 2.65 bits per heavy atom. The van der Waals surface area contributed by atoms with E-state index in [0.29, 0.717) is 12.2 Å². The largest absolute Gasteiger partial charge is 0.477 e. The van der Waals surface area contributed by atoms with Crippen LogP contribution in [0.25, 0.3) is 0 Å². The van der Waals surface area contributed by atoms with Gasteiger partial charge < -0.3 is 10.4 Å². The number of rotatable bonds is 7. The Labute approximate surface area is 157 Å². The highest BCUT2D eigenvalue weighted by molar-refractivity contribution is 9.10. The fourth-order valence-corrected chi connectivity index (χ4v) is 2.68. The molecule has 0 aliphatic rings. The fourth-order valence-electron chi connectivity index (χ4n) is 2.41. The van der Waals surface area contributed by atoms with E-state index in [0.717, 1.165) is 10.0 Å². The molecular weight excluding hydrogens is 402 g/mol. The SMILES string of the molecule is O=C(CCn1nccc1C(=O)O)Nc1cnn(Cc2ccc(Br)cc2)c1. The van der Waals surface area contributed by atoms with Crippen LogP contribution in [-0.4, -0.2) is 36.5 Å². The molecule has 0 fully saturated rings. The molecule has 0 unspecified atom stereocenters. The maximum Gasteiger partial charge on any atom is 0.354 e. The molecule has 2 aromatic heterocycles. The number of hydrogen-bond acceptors (Lipinski definition) is 4. The number of carboxylic acids is 1. The van der Waals surface area contributed by atoms with Gasteiger partial charge in [-0.3, -0.25) is 14.2 Å². The van der Waals surface area contributed by atoms with Crippen molar-refractivity contribution >= 4 is 33.5 Å². The smallest absolute Gasteiger partial charge is 0.354 e. The number of hydrogen-bond donors (Lipinski definition) is 2. The van der Waals surface area contributed by atoms with Crippen LogP contribution in [0.4, 0.5) is 5.69 Å². The summed E-state index contributed by atoms with van der Waals surface area (Å²) in [4.78, 5) is 23.1. The molecule has 1 amide bonds. The van der Waals surface area contributed by atoms with Gasteiger partial charge in [-0.2, -0.15) is 10.2 Å². The molecule has 8 nitrogen and oxygen atoms in total. The van der Waals surface area contributed by atoms with E-state index < -0.39 is 5.97 Å². The third kappa shape index (κ3) is 4.57. The van der Waals surface area contributed by atoms with Gasteiger partial charge >= 0.3 is 5.97 Å². The zero-order chi connectivity index (χ0) is 18.5. The van der Waals surface area contributed by atoms with Crippen molar-refractivity contribution in [1.82, 2.24) is 19.6 Å². The summed E-state index contributed by atoms with van der Waals surface area (Å²) >= 11 is 3.39. The van der Waals surface area contributed by atoms with Crippen LogP contribution in [0, 0.1) is 0 Å². The third-order valence-corrected chi connectivity index (χ3v) is 4.19. The van der Waals surface area contributed by atoms with Crippen molar-refractivity contribution in [2.24, 2.45) is 0 Å². The molecule has 134 valence electrons. The molecule has 3 rings (SSSR count). The summed E-state index contributed by atoms with van der Waals surface area (Å²) in [5, 5.41) is 19.9. The van der Waals surface area contributed by atoms with Gasteiger partial charge in [0.2, 0.25) is 5.91 Å². The van der Waals surface area contributed by atoms with E-state index in [4.69, 9.17) is 5.11 Å². The van der Waals surface area contributed by atoms with Crippen molar-refractivity contribution in [1.29, 1.82) is 0 Å². The van der Waals surface area contributed by atoms with E-state index in [-0.39, 0.29) is 24.6 Å². The van der Waals surface area contributed by atoms with Gasteiger partial charge in [0, 0.05) is 23.3 Å². The topological polar surface area (TPSA) is 102 Å². The first kappa shape index (κ1) is 17.9.